The summed E-state index contributed by atoms with van der Waals surface area (Å²) in [6.07, 6.45) is 6.22. The minimum absolute atomic E-state index is 0.229. The zero-order valence-electron chi connectivity index (χ0n) is 14.3. The van der Waals surface area contributed by atoms with Crippen LogP contribution in [0, 0.1) is 11.8 Å². The Balaban J connectivity index is 1.76. The number of aromatic nitrogens is 4. The van der Waals surface area contributed by atoms with Crippen LogP contribution >= 0.6 is 11.6 Å². The highest BCUT2D eigenvalue weighted by Gasteiger charge is 2.28. The van der Waals surface area contributed by atoms with Gasteiger partial charge in [0.2, 0.25) is 0 Å². The quantitative estimate of drug-likeness (QED) is 0.467. The monoisotopic (exact) mass is 400 g/mol. The highest BCUT2D eigenvalue weighted by atomic mass is 35.5. The van der Waals surface area contributed by atoms with E-state index in [-0.39, 0.29) is 23.5 Å². The molecule has 2 saturated carbocycles. The highest BCUT2D eigenvalue weighted by molar-refractivity contribution is 7.78. The van der Waals surface area contributed by atoms with E-state index in [9.17, 15) is 13.8 Å². The molecule has 0 N–H and O–H groups in total. The van der Waals surface area contributed by atoms with E-state index in [1.165, 1.54) is 10.8 Å². The van der Waals surface area contributed by atoms with Gasteiger partial charge in [-0.25, -0.2) is 9.00 Å². The molecule has 0 radical (unpaired) electrons. The maximum atomic E-state index is 12.9. The molecule has 2 aliphatic carbocycles. The number of fused-ring (bicyclic) bond motifs is 1. The molecule has 1 atom stereocenters. The molecule has 1 unspecified atom stereocenters. The number of alkyl halides is 1. The lowest BCUT2D eigenvalue weighted by atomic mass is 10.3. The van der Waals surface area contributed by atoms with Crippen molar-refractivity contribution in [1.29, 1.82) is 0 Å². The van der Waals surface area contributed by atoms with Crippen molar-refractivity contribution in [3.63, 3.8) is 0 Å². The minimum atomic E-state index is -1.86. The predicted molar refractivity (Wildman–Crippen MR) is 98.5 cm³/mol. The smallest absolute Gasteiger partial charge is 0.276 e. The summed E-state index contributed by atoms with van der Waals surface area (Å²) in [4.78, 5) is 25.7. The van der Waals surface area contributed by atoms with Crippen LogP contribution in [0.15, 0.2) is 15.8 Å². The van der Waals surface area contributed by atoms with Crippen LogP contribution in [0.4, 0.5) is 0 Å². The van der Waals surface area contributed by atoms with Gasteiger partial charge in [0.15, 0.2) is 5.65 Å². The van der Waals surface area contributed by atoms with E-state index in [0.717, 1.165) is 29.8 Å². The zero-order chi connectivity index (χ0) is 18.3. The van der Waals surface area contributed by atoms with Crippen molar-refractivity contribution in [3.05, 3.63) is 27.0 Å². The summed E-state index contributed by atoms with van der Waals surface area (Å²) in [6, 6.07) is 0. The van der Waals surface area contributed by atoms with E-state index in [0.29, 0.717) is 42.6 Å². The fourth-order valence-corrected chi connectivity index (χ4v) is 3.73. The van der Waals surface area contributed by atoms with E-state index in [1.54, 1.807) is 4.57 Å². The van der Waals surface area contributed by atoms with Crippen LogP contribution in [0.3, 0.4) is 0 Å². The highest BCUT2D eigenvalue weighted by Crippen LogP contribution is 2.31. The molecule has 0 aromatic carbocycles. The van der Waals surface area contributed by atoms with Gasteiger partial charge in [0, 0.05) is 19.0 Å². The first-order chi connectivity index (χ1) is 12.6. The lowest BCUT2D eigenvalue weighted by Gasteiger charge is -2.10. The molecule has 26 heavy (non-hydrogen) atoms. The first-order valence-corrected chi connectivity index (χ1v) is 10.5. The summed E-state index contributed by atoms with van der Waals surface area (Å²) in [5, 5.41) is 4.54. The number of halogens is 1. The summed E-state index contributed by atoms with van der Waals surface area (Å²) < 4.78 is 21.4. The summed E-state index contributed by atoms with van der Waals surface area (Å²) >= 11 is 3.73. The van der Waals surface area contributed by atoms with Crippen LogP contribution in [-0.4, -0.2) is 35.0 Å². The Morgan fingerprint density at radius 1 is 1.15 bits per heavy atom. The Morgan fingerprint density at radius 2 is 1.81 bits per heavy atom. The number of hydrogen-bond donors (Lipinski definition) is 0. The first-order valence-electron chi connectivity index (χ1n) is 8.93. The van der Waals surface area contributed by atoms with Gasteiger partial charge < -0.3 is 0 Å². The standard InChI is InChI=1S/C16H21ClN4O4S/c17-6-1-7-25-26(24)21-10-13-14(18-21)19(8-11-2-3-11)16(23)20(15(13)22)9-12-4-5-12/h10-12H,1-9H2. The lowest BCUT2D eigenvalue weighted by Crippen LogP contribution is -2.40. The molecule has 2 fully saturated rings. The molecular weight excluding hydrogens is 380 g/mol. The zero-order valence-corrected chi connectivity index (χ0v) is 15.9. The maximum Gasteiger partial charge on any atom is 0.332 e. The predicted octanol–water partition coefficient (Wildman–Crippen LogP) is 1.25. The van der Waals surface area contributed by atoms with E-state index in [4.69, 9.17) is 15.8 Å². The van der Waals surface area contributed by atoms with Gasteiger partial charge in [0.1, 0.15) is 5.39 Å². The van der Waals surface area contributed by atoms with Gasteiger partial charge in [-0.1, -0.05) is 0 Å². The minimum Gasteiger partial charge on any atom is -0.276 e. The summed E-state index contributed by atoms with van der Waals surface area (Å²) in [5.74, 6) is 1.25. The van der Waals surface area contributed by atoms with Crippen LogP contribution in [0.1, 0.15) is 32.1 Å². The van der Waals surface area contributed by atoms with Gasteiger partial charge >= 0.3 is 5.69 Å². The molecule has 0 saturated heterocycles. The van der Waals surface area contributed by atoms with Crippen molar-refractivity contribution in [2.24, 2.45) is 11.8 Å². The van der Waals surface area contributed by atoms with E-state index in [1.807, 2.05) is 0 Å². The SMILES string of the molecule is O=c1c2cn(S(=O)OCCCCl)nc2n(CC2CC2)c(=O)n1CC1CC1. The van der Waals surface area contributed by atoms with Crippen LogP contribution in [-0.2, 0) is 28.5 Å². The molecule has 0 spiro atoms. The number of nitrogens with zero attached hydrogens (tertiary/aromatic N) is 4. The molecule has 2 aromatic heterocycles. The van der Waals surface area contributed by atoms with Crippen LogP contribution in [0.2, 0.25) is 0 Å². The van der Waals surface area contributed by atoms with Crippen molar-refractivity contribution in [3.8, 4) is 0 Å². The molecule has 2 aromatic rings. The van der Waals surface area contributed by atoms with Crippen molar-refractivity contribution in [2.45, 2.75) is 45.2 Å². The number of rotatable bonds is 9. The molecule has 0 aliphatic heterocycles. The second-order valence-electron chi connectivity index (χ2n) is 7.05. The average Bonchev–Trinajstić information content (AvgIpc) is 3.55. The molecule has 142 valence electrons. The first kappa shape index (κ1) is 17.9. The van der Waals surface area contributed by atoms with Gasteiger partial charge in [-0.2, -0.15) is 4.09 Å². The van der Waals surface area contributed by atoms with Crippen molar-refractivity contribution >= 4 is 33.9 Å². The van der Waals surface area contributed by atoms with Gasteiger partial charge in [-0.15, -0.1) is 16.7 Å². The third-order valence-corrected chi connectivity index (χ3v) is 5.89. The van der Waals surface area contributed by atoms with E-state index < -0.39 is 11.3 Å². The van der Waals surface area contributed by atoms with Crippen LogP contribution in [0.5, 0.6) is 0 Å². The van der Waals surface area contributed by atoms with Gasteiger partial charge in [-0.05, 0) is 43.9 Å². The second kappa shape index (κ2) is 7.28. The molecule has 10 heteroatoms. The second-order valence-corrected chi connectivity index (χ2v) is 8.47. The molecule has 0 amide bonds. The Morgan fingerprint density at radius 3 is 2.42 bits per heavy atom. The van der Waals surface area contributed by atoms with E-state index >= 15 is 0 Å². The van der Waals surface area contributed by atoms with Crippen LogP contribution in [0.25, 0.3) is 11.0 Å². The molecule has 2 heterocycles. The topological polar surface area (TPSA) is 88.1 Å². The molecule has 2 aliphatic rings. The summed E-state index contributed by atoms with van der Waals surface area (Å²) in [6.45, 7) is 1.21. The van der Waals surface area contributed by atoms with Crippen LogP contribution < -0.4 is 11.2 Å². The third kappa shape index (κ3) is 3.65. The maximum absolute atomic E-state index is 12.9. The molecule has 4 rings (SSSR count). The van der Waals surface area contributed by atoms with Crippen molar-refractivity contribution < 1.29 is 8.39 Å². The Bertz CT molecular complexity index is 958. The summed E-state index contributed by atoms with van der Waals surface area (Å²) in [7, 11) is 0. The average molecular weight is 401 g/mol. The van der Waals surface area contributed by atoms with Crippen molar-refractivity contribution in [2.75, 3.05) is 12.5 Å². The van der Waals surface area contributed by atoms with E-state index in [2.05, 4.69) is 5.10 Å². The fraction of sp³-hybridized carbons (Fsp3) is 0.688. The fourth-order valence-electron chi connectivity index (χ4n) is 2.92. The molecule has 8 nitrogen and oxygen atoms in total. The number of hydrogen-bond acceptors (Lipinski definition) is 5. The largest absolute Gasteiger partial charge is 0.332 e. The molecular formula is C16H21ClN4O4S. The Hall–Kier alpha value is -1.45. The summed E-state index contributed by atoms with van der Waals surface area (Å²) in [5.41, 5.74) is -0.401. The van der Waals surface area contributed by atoms with Gasteiger partial charge in [0.05, 0.1) is 12.8 Å². The third-order valence-electron chi connectivity index (χ3n) is 4.76. The normalized spacial score (nSPS) is 18.5. The van der Waals surface area contributed by atoms with Gasteiger partial charge in [-0.3, -0.25) is 18.1 Å². The van der Waals surface area contributed by atoms with Crippen molar-refractivity contribution in [1.82, 2.24) is 18.3 Å². The Kier molecular flexibility index (Phi) is 5.02. The molecule has 0 bridgehead atoms. The Labute approximate surface area is 157 Å². The lowest BCUT2D eigenvalue weighted by molar-refractivity contribution is 0.342. The van der Waals surface area contributed by atoms with Gasteiger partial charge in [0.25, 0.3) is 16.8 Å².